The summed E-state index contributed by atoms with van der Waals surface area (Å²) in [5.74, 6) is -0.145. The molecule has 0 aromatic carbocycles. The summed E-state index contributed by atoms with van der Waals surface area (Å²) in [5, 5.41) is 2.93. The molecule has 1 aromatic rings. The molecule has 12 heavy (non-hydrogen) atoms. The molecule has 1 heterocycles. The molecule has 1 amide bonds. The predicted octanol–water partition coefficient (Wildman–Crippen LogP) is 2.00. The molecule has 0 saturated carbocycles. The fourth-order valence-corrected chi connectivity index (χ4v) is 1.10. The van der Waals surface area contributed by atoms with E-state index in [-0.39, 0.29) is 5.91 Å². The molecule has 1 rings (SSSR count). The molecule has 0 aliphatic heterocycles. The summed E-state index contributed by atoms with van der Waals surface area (Å²) in [6.07, 6.45) is 1.60. The number of aromatic nitrogens is 1. The number of amides is 1. The summed E-state index contributed by atoms with van der Waals surface area (Å²) < 4.78 is 0. The van der Waals surface area contributed by atoms with Crippen molar-refractivity contribution >= 4 is 23.2 Å². The van der Waals surface area contributed by atoms with Crippen LogP contribution < -0.4 is 5.32 Å². The first-order chi connectivity index (χ1) is 5.61. The monoisotopic (exact) mass is 184 g/mol. The van der Waals surface area contributed by atoms with Gasteiger partial charge in [0.2, 0.25) is 5.91 Å². The Kier molecular flexibility index (Phi) is 2.65. The summed E-state index contributed by atoms with van der Waals surface area (Å²) in [6, 6.07) is 1.79. The van der Waals surface area contributed by atoms with E-state index < -0.39 is 0 Å². The average molecular weight is 185 g/mol. The minimum atomic E-state index is -0.145. The Morgan fingerprint density at radius 2 is 2.33 bits per heavy atom. The van der Waals surface area contributed by atoms with Crippen LogP contribution in [0.15, 0.2) is 12.3 Å². The maximum absolute atomic E-state index is 10.7. The lowest BCUT2D eigenvalue weighted by Crippen LogP contribution is -2.08. The lowest BCUT2D eigenvalue weighted by molar-refractivity contribution is -0.114. The van der Waals surface area contributed by atoms with E-state index >= 15 is 0 Å². The highest BCUT2D eigenvalue weighted by molar-refractivity contribution is 6.32. The van der Waals surface area contributed by atoms with Gasteiger partial charge in [0.05, 0.1) is 5.69 Å². The zero-order valence-corrected chi connectivity index (χ0v) is 7.64. The highest BCUT2D eigenvalue weighted by atomic mass is 35.5. The molecule has 0 fully saturated rings. The van der Waals surface area contributed by atoms with Crippen molar-refractivity contribution in [2.24, 2.45) is 0 Å². The lowest BCUT2D eigenvalue weighted by atomic mass is 10.2. The van der Waals surface area contributed by atoms with Gasteiger partial charge in [0.1, 0.15) is 0 Å². The standard InChI is InChI=1S/C8H9ClN2O/c1-5-3-4-10-8(9)7(5)11-6(2)12/h3-4H,1-2H3,(H,11,12). The molecule has 0 saturated heterocycles. The molecular weight excluding hydrogens is 176 g/mol. The number of nitrogens with one attached hydrogen (secondary N) is 1. The number of pyridine rings is 1. The lowest BCUT2D eigenvalue weighted by Gasteiger charge is -2.06. The van der Waals surface area contributed by atoms with Crippen LogP contribution in [0.1, 0.15) is 12.5 Å². The largest absolute Gasteiger partial charge is 0.323 e. The normalized spacial score (nSPS) is 9.58. The van der Waals surface area contributed by atoms with Crippen LogP contribution >= 0.6 is 11.6 Å². The smallest absolute Gasteiger partial charge is 0.221 e. The quantitative estimate of drug-likeness (QED) is 0.679. The number of carbonyl (C=O) groups excluding carboxylic acids is 1. The second-order valence-electron chi connectivity index (χ2n) is 2.47. The number of nitrogens with zero attached hydrogens (tertiary/aromatic N) is 1. The molecule has 0 atom stereocenters. The van der Waals surface area contributed by atoms with Crippen LogP contribution in [0.3, 0.4) is 0 Å². The van der Waals surface area contributed by atoms with Gasteiger partial charge >= 0.3 is 0 Å². The van der Waals surface area contributed by atoms with Gasteiger partial charge < -0.3 is 5.32 Å². The number of aryl methyl sites for hydroxylation is 1. The molecule has 64 valence electrons. The minimum Gasteiger partial charge on any atom is -0.323 e. The zero-order chi connectivity index (χ0) is 9.14. The number of halogens is 1. The van der Waals surface area contributed by atoms with E-state index in [0.29, 0.717) is 10.8 Å². The molecule has 4 heteroatoms. The van der Waals surface area contributed by atoms with Crippen LogP contribution in [0.2, 0.25) is 5.15 Å². The Morgan fingerprint density at radius 3 is 2.83 bits per heavy atom. The van der Waals surface area contributed by atoms with Gasteiger partial charge in [-0.05, 0) is 18.6 Å². The maximum atomic E-state index is 10.7. The second-order valence-corrected chi connectivity index (χ2v) is 2.83. The van der Waals surface area contributed by atoms with Crippen molar-refractivity contribution in [2.45, 2.75) is 13.8 Å². The first-order valence-corrected chi connectivity index (χ1v) is 3.87. The fourth-order valence-electron chi connectivity index (χ4n) is 0.851. The van der Waals surface area contributed by atoms with Gasteiger partial charge in [-0.2, -0.15) is 0 Å². The summed E-state index contributed by atoms with van der Waals surface area (Å²) >= 11 is 5.75. The van der Waals surface area contributed by atoms with E-state index in [1.54, 1.807) is 12.3 Å². The van der Waals surface area contributed by atoms with Gasteiger partial charge in [0, 0.05) is 13.1 Å². The fraction of sp³-hybridized carbons (Fsp3) is 0.250. The van der Waals surface area contributed by atoms with Crippen molar-refractivity contribution in [1.82, 2.24) is 4.98 Å². The molecule has 1 N–H and O–H groups in total. The second kappa shape index (κ2) is 3.54. The number of carbonyl (C=O) groups is 1. The molecule has 0 spiro atoms. The maximum Gasteiger partial charge on any atom is 0.221 e. The Hall–Kier alpha value is -1.09. The van der Waals surface area contributed by atoms with Crippen molar-refractivity contribution in [3.8, 4) is 0 Å². The van der Waals surface area contributed by atoms with Crippen LogP contribution in [0.4, 0.5) is 5.69 Å². The summed E-state index contributed by atoms with van der Waals surface area (Å²) in [7, 11) is 0. The molecule has 0 unspecified atom stereocenters. The topological polar surface area (TPSA) is 42.0 Å². The number of hydrogen-bond donors (Lipinski definition) is 1. The van der Waals surface area contributed by atoms with E-state index in [0.717, 1.165) is 5.56 Å². The number of hydrogen-bond acceptors (Lipinski definition) is 2. The van der Waals surface area contributed by atoms with Crippen molar-refractivity contribution in [3.63, 3.8) is 0 Å². The summed E-state index contributed by atoms with van der Waals surface area (Å²) in [5.41, 5.74) is 1.50. The first-order valence-electron chi connectivity index (χ1n) is 3.50. The SMILES string of the molecule is CC(=O)Nc1c(C)ccnc1Cl. The van der Waals surface area contributed by atoms with Crippen LogP contribution in [-0.2, 0) is 4.79 Å². The van der Waals surface area contributed by atoms with E-state index in [1.165, 1.54) is 6.92 Å². The first kappa shape index (κ1) is 9.00. The Bertz CT molecular complexity index is 292. The van der Waals surface area contributed by atoms with E-state index in [4.69, 9.17) is 11.6 Å². The third-order valence-corrected chi connectivity index (χ3v) is 1.70. The molecular formula is C8H9ClN2O. The van der Waals surface area contributed by atoms with Crippen molar-refractivity contribution in [2.75, 3.05) is 5.32 Å². The van der Waals surface area contributed by atoms with Gasteiger partial charge in [-0.25, -0.2) is 4.98 Å². The highest BCUT2D eigenvalue weighted by Gasteiger charge is 2.04. The Labute approximate surface area is 75.8 Å². The van der Waals surface area contributed by atoms with Crippen LogP contribution in [0, 0.1) is 6.92 Å². The average Bonchev–Trinajstić information content (AvgIpc) is 1.97. The van der Waals surface area contributed by atoms with E-state index in [2.05, 4.69) is 10.3 Å². The Morgan fingerprint density at radius 1 is 1.67 bits per heavy atom. The molecule has 1 aromatic heterocycles. The molecule has 3 nitrogen and oxygen atoms in total. The van der Waals surface area contributed by atoms with Crippen molar-refractivity contribution < 1.29 is 4.79 Å². The van der Waals surface area contributed by atoms with Crippen LogP contribution in [0.25, 0.3) is 0 Å². The summed E-state index contributed by atoms with van der Waals surface area (Å²) in [4.78, 5) is 14.6. The Balaban J connectivity index is 3.04. The molecule has 0 aliphatic rings. The highest BCUT2D eigenvalue weighted by Crippen LogP contribution is 2.22. The zero-order valence-electron chi connectivity index (χ0n) is 6.89. The van der Waals surface area contributed by atoms with Gasteiger partial charge in [-0.15, -0.1) is 0 Å². The van der Waals surface area contributed by atoms with Crippen molar-refractivity contribution in [1.29, 1.82) is 0 Å². The van der Waals surface area contributed by atoms with Gasteiger partial charge in [-0.1, -0.05) is 11.6 Å². The minimum absolute atomic E-state index is 0.145. The molecule has 0 aliphatic carbocycles. The predicted molar refractivity (Wildman–Crippen MR) is 48.3 cm³/mol. The third kappa shape index (κ3) is 1.95. The van der Waals surface area contributed by atoms with Crippen LogP contribution in [-0.4, -0.2) is 10.9 Å². The van der Waals surface area contributed by atoms with Gasteiger partial charge in [-0.3, -0.25) is 4.79 Å². The van der Waals surface area contributed by atoms with E-state index in [9.17, 15) is 4.79 Å². The van der Waals surface area contributed by atoms with Crippen molar-refractivity contribution in [3.05, 3.63) is 23.0 Å². The number of rotatable bonds is 1. The summed E-state index contributed by atoms with van der Waals surface area (Å²) in [6.45, 7) is 3.29. The molecule has 0 bridgehead atoms. The van der Waals surface area contributed by atoms with Gasteiger partial charge in [0.15, 0.2) is 5.15 Å². The van der Waals surface area contributed by atoms with Crippen LogP contribution in [0.5, 0.6) is 0 Å². The third-order valence-electron chi connectivity index (χ3n) is 1.41. The molecule has 0 radical (unpaired) electrons. The van der Waals surface area contributed by atoms with E-state index in [1.807, 2.05) is 6.92 Å². The number of anilines is 1. The van der Waals surface area contributed by atoms with Gasteiger partial charge in [0.25, 0.3) is 0 Å².